The zero-order valence-corrected chi connectivity index (χ0v) is 14.4. The van der Waals surface area contributed by atoms with Gasteiger partial charge in [0.05, 0.1) is 18.3 Å². The maximum absolute atomic E-state index is 12.0. The molecule has 23 heavy (non-hydrogen) atoms. The van der Waals surface area contributed by atoms with Gasteiger partial charge in [0.1, 0.15) is 5.75 Å². The van der Waals surface area contributed by atoms with Gasteiger partial charge in [-0.2, -0.15) is 0 Å². The molecule has 2 aromatic carbocycles. The lowest BCUT2D eigenvalue weighted by atomic mass is 10.3. The summed E-state index contributed by atoms with van der Waals surface area (Å²) in [5, 5.41) is 6.75. The van der Waals surface area contributed by atoms with E-state index >= 15 is 0 Å². The summed E-state index contributed by atoms with van der Waals surface area (Å²) in [6.45, 7) is 4.00. The first-order chi connectivity index (χ1) is 10.9. The van der Waals surface area contributed by atoms with Crippen molar-refractivity contribution in [2.45, 2.75) is 20.0 Å². The Hall–Kier alpha value is -1.91. The predicted octanol–water partition coefficient (Wildman–Crippen LogP) is 4.83. The normalized spacial score (nSPS) is 10.5. The van der Waals surface area contributed by atoms with E-state index in [4.69, 9.17) is 27.9 Å². The second-order valence-electron chi connectivity index (χ2n) is 5.22. The number of hydrogen-bond donors (Lipinski definition) is 2. The predicted molar refractivity (Wildman–Crippen MR) is 95.8 cm³/mol. The lowest BCUT2D eigenvalue weighted by Crippen LogP contribution is -2.22. The maximum atomic E-state index is 12.0. The molecule has 0 saturated heterocycles. The molecule has 0 aromatic heterocycles. The van der Waals surface area contributed by atoms with Gasteiger partial charge in [0.25, 0.3) is 0 Å². The molecular weight excluding hydrogens is 335 g/mol. The van der Waals surface area contributed by atoms with Gasteiger partial charge in [-0.15, -0.1) is 0 Å². The van der Waals surface area contributed by atoms with Crippen molar-refractivity contribution < 1.29 is 9.53 Å². The number of nitrogens with one attached hydrogen (secondary N) is 2. The van der Waals surface area contributed by atoms with Crippen LogP contribution in [0.25, 0.3) is 0 Å². The summed E-state index contributed by atoms with van der Waals surface area (Å²) < 4.78 is 5.70. The Morgan fingerprint density at radius 1 is 1.13 bits per heavy atom. The highest BCUT2D eigenvalue weighted by Gasteiger charge is 2.08. The molecule has 1 amide bonds. The number of benzene rings is 2. The van der Waals surface area contributed by atoms with Gasteiger partial charge in [0, 0.05) is 15.7 Å². The first-order valence-corrected chi connectivity index (χ1v) is 7.95. The molecule has 0 aliphatic carbocycles. The van der Waals surface area contributed by atoms with Crippen LogP contribution in [0, 0.1) is 0 Å². The van der Waals surface area contributed by atoms with Crippen LogP contribution >= 0.6 is 23.2 Å². The number of carbonyl (C=O) groups is 1. The molecule has 4 nitrogen and oxygen atoms in total. The van der Waals surface area contributed by atoms with Gasteiger partial charge in [-0.3, -0.25) is 4.79 Å². The van der Waals surface area contributed by atoms with Crippen LogP contribution in [-0.4, -0.2) is 18.6 Å². The lowest BCUT2D eigenvalue weighted by molar-refractivity contribution is -0.114. The summed E-state index contributed by atoms with van der Waals surface area (Å²) >= 11 is 11.8. The second kappa shape index (κ2) is 8.09. The van der Waals surface area contributed by atoms with E-state index < -0.39 is 0 Å². The molecule has 0 fully saturated rings. The molecule has 2 N–H and O–H groups in total. The van der Waals surface area contributed by atoms with Crippen molar-refractivity contribution in [1.82, 2.24) is 0 Å². The monoisotopic (exact) mass is 352 g/mol. The number of rotatable bonds is 6. The third-order valence-corrected chi connectivity index (χ3v) is 3.27. The third-order valence-electron chi connectivity index (χ3n) is 2.84. The Kier molecular flexibility index (Phi) is 6.13. The van der Waals surface area contributed by atoms with Crippen LogP contribution in [0.3, 0.4) is 0 Å². The molecule has 2 rings (SSSR count). The van der Waals surface area contributed by atoms with E-state index in [-0.39, 0.29) is 18.6 Å². The van der Waals surface area contributed by atoms with Crippen molar-refractivity contribution >= 4 is 40.5 Å². The zero-order valence-electron chi connectivity index (χ0n) is 12.9. The highest BCUT2D eigenvalue weighted by Crippen LogP contribution is 2.25. The Labute approximate surface area is 145 Å². The molecule has 0 aliphatic rings. The van der Waals surface area contributed by atoms with E-state index in [1.807, 2.05) is 38.1 Å². The molecule has 0 saturated carbocycles. The van der Waals surface area contributed by atoms with Crippen LogP contribution in [0.2, 0.25) is 10.0 Å². The van der Waals surface area contributed by atoms with Crippen LogP contribution in [0.15, 0.2) is 42.5 Å². The van der Waals surface area contributed by atoms with Crippen LogP contribution in [0.1, 0.15) is 13.8 Å². The van der Waals surface area contributed by atoms with Gasteiger partial charge >= 0.3 is 0 Å². The van der Waals surface area contributed by atoms with Crippen molar-refractivity contribution in [3.63, 3.8) is 0 Å². The smallest absolute Gasteiger partial charge is 0.243 e. The minimum Gasteiger partial charge on any atom is -0.489 e. The Bertz CT molecular complexity index is 670. The van der Waals surface area contributed by atoms with Crippen LogP contribution in [0.5, 0.6) is 5.75 Å². The third kappa shape index (κ3) is 5.66. The van der Waals surface area contributed by atoms with E-state index in [0.717, 1.165) is 5.69 Å². The second-order valence-corrected chi connectivity index (χ2v) is 6.10. The van der Waals surface area contributed by atoms with Crippen LogP contribution in [-0.2, 0) is 4.79 Å². The molecule has 2 aromatic rings. The summed E-state index contributed by atoms with van der Waals surface area (Å²) in [5.74, 6) is 0.504. The maximum Gasteiger partial charge on any atom is 0.243 e. The number of hydrogen-bond acceptors (Lipinski definition) is 3. The summed E-state index contributed by atoms with van der Waals surface area (Å²) in [7, 11) is 0. The highest BCUT2D eigenvalue weighted by atomic mass is 35.5. The molecule has 0 spiro atoms. The van der Waals surface area contributed by atoms with E-state index in [9.17, 15) is 4.79 Å². The van der Waals surface area contributed by atoms with Gasteiger partial charge in [0.2, 0.25) is 5.91 Å². The summed E-state index contributed by atoms with van der Waals surface area (Å²) in [4.78, 5) is 12.0. The average Bonchev–Trinajstić information content (AvgIpc) is 2.44. The summed E-state index contributed by atoms with van der Waals surface area (Å²) in [6.07, 6.45) is 0.0559. The van der Waals surface area contributed by atoms with E-state index in [0.29, 0.717) is 21.5 Å². The Morgan fingerprint density at radius 3 is 2.43 bits per heavy atom. The number of carbonyl (C=O) groups excluding carboxylic acids is 1. The average molecular weight is 353 g/mol. The molecule has 0 bridgehead atoms. The van der Waals surface area contributed by atoms with Crippen molar-refractivity contribution in [3.8, 4) is 5.75 Å². The van der Waals surface area contributed by atoms with Gasteiger partial charge in [-0.1, -0.05) is 35.3 Å². The first kappa shape index (κ1) is 17.4. The molecule has 0 radical (unpaired) electrons. The fourth-order valence-corrected chi connectivity index (χ4v) is 2.50. The van der Waals surface area contributed by atoms with Crippen molar-refractivity contribution in [3.05, 3.63) is 52.5 Å². The number of amides is 1. The van der Waals surface area contributed by atoms with Crippen molar-refractivity contribution in [2.24, 2.45) is 0 Å². The standard InChI is InChI=1S/C17H18Cl2N2O2/c1-11(2)23-16-6-4-3-5-15(16)20-10-17(22)21-14-8-12(18)7-13(19)9-14/h3-9,11,20H,10H2,1-2H3,(H,21,22). The minimum absolute atomic E-state index is 0.0559. The molecule has 0 aliphatic heterocycles. The molecule has 6 heteroatoms. The molecule has 122 valence electrons. The molecule has 0 heterocycles. The fraction of sp³-hybridized carbons (Fsp3) is 0.235. The number of para-hydroxylation sites is 2. The molecule has 0 atom stereocenters. The number of ether oxygens (including phenoxy) is 1. The largest absolute Gasteiger partial charge is 0.489 e. The summed E-state index contributed by atoms with van der Waals surface area (Å²) in [6, 6.07) is 12.4. The Morgan fingerprint density at radius 2 is 1.78 bits per heavy atom. The topological polar surface area (TPSA) is 50.4 Å². The molecular formula is C17H18Cl2N2O2. The van der Waals surface area contributed by atoms with Crippen LogP contribution in [0.4, 0.5) is 11.4 Å². The van der Waals surface area contributed by atoms with Gasteiger partial charge in [0.15, 0.2) is 0 Å². The van der Waals surface area contributed by atoms with E-state index in [1.165, 1.54) is 0 Å². The van der Waals surface area contributed by atoms with Gasteiger partial charge in [-0.05, 0) is 44.2 Å². The molecule has 0 unspecified atom stereocenters. The van der Waals surface area contributed by atoms with Crippen molar-refractivity contribution in [2.75, 3.05) is 17.2 Å². The van der Waals surface area contributed by atoms with Gasteiger partial charge < -0.3 is 15.4 Å². The first-order valence-electron chi connectivity index (χ1n) is 7.19. The van der Waals surface area contributed by atoms with Crippen molar-refractivity contribution in [1.29, 1.82) is 0 Å². The van der Waals surface area contributed by atoms with Crippen LogP contribution < -0.4 is 15.4 Å². The quantitative estimate of drug-likeness (QED) is 0.782. The Balaban J connectivity index is 1.97. The zero-order chi connectivity index (χ0) is 16.8. The number of anilines is 2. The SMILES string of the molecule is CC(C)Oc1ccccc1NCC(=O)Nc1cc(Cl)cc(Cl)c1. The minimum atomic E-state index is -0.206. The summed E-state index contributed by atoms with van der Waals surface area (Å²) in [5.41, 5.74) is 1.32. The van der Waals surface area contributed by atoms with E-state index in [1.54, 1.807) is 18.2 Å². The highest BCUT2D eigenvalue weighted by molar-refractivity contribution is 6.35. The number of halogens is 2. The van der Waals surface area contributed by atoms with Gasteiger partial charge in [-0.25, -0.2) is 0 Å². The lowest BCUT2D eigenvalue weighted by Gasteiger charge is -2.15. The van der Waals surface area contributed by atoms with E-state index in [2.05, 4.69) is 10.6 Å². The fourth-order valence-electron chi connectivity index (χ4n) is 1.98.